The van der Waals surface area contributed by atoms with Gasteiger partial charge in [0.25, 0.3) is 5.91 Å². The molecule has 3 rings (SSSR count). The fourth-order valence-electron chi connectivity index (χ4n) is 3.01. The van der Waals surface area contributed by atoms with Gasteiger partial charge in [-0.3, -0.25) is 4.79 Å². The summed E-state index contributed by atoms with van der Waals surface area (Å²) in [5.74, 6) is 0.145. The predicted molar refractivity (Wildman–Crippen MR) is 107 cm³/mol. The Morgan fingerprint density at radius 1 is 1.22 bits per heavy atom. The van der Waals surface area contributed by atoms with Crippen LogP contribution in [0.4, 0.5) is 11.4 Å². The third-order valence-corrected chi connectivity index (χ3v) is 5.20. The van der Waals surface area contributed by atoms with Crippen LogP contribution >= 0.6 is 11.5 Å². The summed E-state index contributed by atoms with van der Waals surface area (Å²) in [5, 5.41) is 10.9. The van der Waals surface area contributed by atoms with Gasteiger partial charge in [0, 0.05) is 24.0 Å². The average Bonchev–Trinajstić information content (AvgIpc) is 3.22. The third-order valence-electron chi connectivity index (χ3n) is 4.37. The molecule has 0 aliphatic rings. The number of rotatable bonds is 6. The van der Waals surface area contributed by atoms with Crippen LogP contribution in [0.3, 0.4) is 0 Å². The van der Waals surface area contributed by atoms with Crippen LogP contribution in [0.5, 0.6) is 0 Å². The number of aryl methyl sites for hydroxylation is 2. The Bertz CT molecular complexity index is 930. The van der Waals surface area contributed by atoms with Crippen LogP contribution in [0.25, 0.3) is 10.6 Å². The molecule has 0 atom stereocenters. The molecule has 2 aromatic heterocycles. The van der Waals surface area contributed by atoms with Crippen LogP contribution in [0.1, 0.15) is 42.5 Å². The SMILES string of the molecule is CCN(c1ccc(NC(=O)c2c(C)noc2-c2snnc2C)cc1)C(C)C. The molecule has 0 aliphatic carbocycles. The van der Waals surface area contributed by atoms with Gasteiger partial charge in [0.05, 0.1) is 11.4 Å². The minimum atomic E-state index is -0.263. The average molecular weight is 385 g/mol. The standard InChI is InChI=1S/C19H23N5O2S/c1-6-24(11(2)3)15-9-7-14(8-10-15)20-19(25)16-12(4)22-26-17(16)18-13(5)21-23-27-18/h7-11H,6H2,1-5H3,(H,20,25). The van der Waals surface area contributed by atoms with Gasteiger partial charge in [-0.25, -0.2) is 0 Å². The van der Waals surface area contributed by atoms with E-state index in [0.717, 1.165) is 12.2 Å². The maximum absolute atomic E-state index is 12.8. The number of carbonyl (C=O) groups is 1. The van der Waals surface area contributed by atoms with Crippen molar-refractivity contribution in [2.75, 3.05) is 16.8 Å². The lowest BCUT2D eigenvalue weighted by molar-refractivity contribution is 0.102. The number of nitrogens with zero attached hydrogens (tertiary/aromatic N) is 4. The summed E-state index contributed by atoms with van der Waals surface area (Å²) in [7, 11) is 0. The van der Waals surface area contributed by atoms with Crippen molar-refractivity contribution in [3.8, 4) is 10.6 Å². The van der Waals surface area contributed by atoms with E-state index in [1.54, 1.807) is 6.92 Å². The zero-order valence-electron chi connectivity index (χ0n) is 16.1. The Labute approximate surface area is 162 Å². The Morgan fingerprint density at radius 3 is 2.48 bits per heavy atom. The molecule has 1 N–H and O–H groups in total. The summed E-state index contributed by atoms with van der Waals surface area (Å²) in [4.78, 5) is 15.8. The van der Waals surface area contributed by atoms with Crippen molar-refractivity contribution in [3.63, 3.8) is 0 Å². The third kappa shape index (κ3) is 3.85. The molecule has 0 saturated carbocycles. The minimum Gasteiger partial charge on any atom is -0.369 e. The molecule has 0 radical (unpaired) electrons. The number of hydrogen-bond acceptors (Lipinski definition) is 7. The van der Waals surface area contributed by atoms with Gasteiger partial charge in [0.15, 0.2) is 5.76 Å². The van der Waals surface area contributed by atoms with Crippen LogP contribution in [-0.2, 0) is 0 Å². The number of aromatic nitrogens is 3. The molecular weight excluding hydrogens is 362 g/mol. The molecule has 8 heteroatoms. The first-order valence-corrected chi connectivity index (χ1v) is 9.63. The normalized spacial score (nSPS) is 11.0. The fraction of sp³-hybridized carbons (Fsp3) is 0.368. The minimum absolute atomic E-state index is 0.263. The van der Waals surface area contributed by atoms with Gasteiger partial charge in [-0.1, -0.05) is 9.64 Å². The lowest BCUT2D eigenvalue weighted by Gasteiger charge is -2.27. The molecule has 1 aromatic carbocycles. The Hall–Kier alpha value is -2.74. The fourth-order valence-corrected chi connectivity index (χ4v) is 3.65. The highest BCUT2D eigenvalue weighted by Crippen LogP contribution is 2.31. The van der Waals surface area contributed by atoms with Gasteiger partial charge in [-0.05, 0) is 70.4 Å². The maximum atomic E-state index is 12.8. The van der Waals surface area contributed by atoms with Crippen LogP contribution < -0.4 is 10.2 Å². The Balaban J connectivity index is 1.83. The Morgan fingerprint density at radius 2 is 1.93 bits per heavy atom. The molecule has 0 bridgehead atoms. The van der Waals surface area contributed by atoms with Crippen molar-refractivity contribution in [3.05, 3.63) is 41.2 Å². The molecular formula is C19H23N5O2S. The van der Waals surface area contributed by atoms with Crippen LogP contribution in [-0.4, -0.2) is 33.2 Å². The first-order valence-electron chi connectivity index (χ1n) is 8.86. The second kappa shape index (κ2) is 7.87. The van der Waals surface area contributed by atoms with Gasteiger partial charge in [-0.15, -0.1) is 5.10 Å². The molecule has 0 spiro atoms. The van der Waals surface area contributed by atoms with Crippen LogP contribution in [0, 0.1) is 13.8 Å². The van der Waals surface area contributed by atoms with E-state index in [9.17, 15) is 4.79 Å². The van der Waals surface area contributed by atoms with E-state index >= 15 is 0 Å². The van der Waals surface area contributed by atoms with E-state index < -0.39 is 0 Å². The zero-order valence-corrected chi connectivity index (χ0v) is 16.9. The molecule has 7 nitrogen and oxygen atoms in total. The lowest BCUT2D eigenvalue weighted by atomic mass is 10.1. The molecule has 0 saturated heterocycles. The number of hydrogen-bond donors (Lipinski definition) is 1. The van der Waals surface area contributed by atoms with E-state index in [4.69, 9.17) is 4.52 Å². The number of benzene rings is 1. The molecule has 0 fully saturated rings. The predicted octanol–water partition coefficient (Wildman–Crippen LogP) is 4.30. The molecule has 3 aromatic rings. The smallest absolute Gasteiger partial charge is 0.261 e. The van der Waals surface area contributed by atoms with Gasteiger partial charge < -0.3 is 14.7 Å². The van der Waals surface area contributed by atoms with Crippen molar-refractivity contribution in [2.24, 2.45) is 0 Å². The number of carbonyl (C=O) groups excluding carboxylic acids is 1. The Kier molecular flexibility index (Phi) is 5.55. The summed E-state index contributed by atoms with van der Waals surface area (Å²) in [6, 6.07) is 8.24. The highest BCUT2D eigenvalue weighted by Gasteiger charge is 2.25. The van der Waals surface area contributed by atoms with E-state index in [-0.39, 0.29) is 5.91 Å². The summed E-state index contributed by atoms with van der Waals surface area (Å²) >= 11 is 1.18. The van der Waals surface area contributed by atoms with Crippen LogP contribution in [0.15, 0.2) is 28.8 Å². The highest BCUT2D eigenvalue weighted by molar-refractivity contribution is 7.09. The molecule has 0 unspecified atom stereocenters. The molecule has 1 amide bonds. The largest absolute Gasteiger partial charge is 0.369 e. The molecule has 142 valence electrons. The van der Waals surface area contributed by atoms with Crippen molar-refractivity contribution in [1.82, 2.24) is 14.7 Å². The van der Waals surface area contributed by atoms with Gasteiger partial charge >= 0.3 is 0 Å². The quantitative estimate of drug-likeness (QED) is 0.681. The van der Waals surface area contributed by atoms with Crippen molar-refractivity contribution in [2.45, 2.75) is 40.7 Å². The summed E-state index contributed by atoms with van der Waals surface area (Å²) < 4.78 is 9.29. The highest BCUT2D eigenvalue weighted by atomic mass is 32.1. The second-order valence-corrected chi connectivity index (χ2v) is 7.29. The second-order valence-electron chi connectivity index (χ2n) is 6.54. The van der Waals surface area contributed by atoms with Crippen molar-refractivity contribution < 1.29 is 9.32 Å². The molecule has 2 heterocycles. The van der Waals surface area contributed by atoms with E-state index in [1.165, 1.54) is 11.5 Å². The van der Waals surface area contributed by atoms with Crippen LogP contribution in [0.2, 0.25) is 0 Å². The topological polar surface area (TPSA) is 84.2 Å². The van der Waals surface area contributed by atoms with Gasteiger partial charge in [0.2, 0.25) is 0 Å². The van der Waals surface area contributed by atoms with E-state index in [0.29, 0.717) is 39.3 Å². The van der Waals surface area contributed by atoms with E-state index in [1.807, 2.05) is 31.2 Å². The summed E-state index contributed by atoms with van der Waals surface area (Å²) in [5.41, 5.74) is 3.49. The number of anilines is 2. The van der Waals surface area contributed by atoms with Crippen molar-refractivity contribution >= 4 is 28.8 Å². The molecule has 0 aliphatic heterocycles. The van der Waals surface area contributed by atoms with E-state index in [2.05, 4.69) is 45.7 Å². The maximum Gasteiger partial charge on any atom is 0.261 e. The molecule has 27 heavy (non-hydrogen) atoms. The van der Waals surface area contributed by atoms with Gasteiger partial charge in [0.1, 0.15) is 10.4 Å². The summed E-state index contributed by atoms with van der Waals surface area (Å²) in [6.45, 7) is 10.9. The lowest BCUT2D eigenvalue weighted by Crippen LogP contribution is -2.30. The monoisotopic (exact) mass is 385 g/mol. The first kappa shape index (κ1) is 19.0. The summed E-state index contributed by atoms with van der Waals surface area (Å²) in [6.07, 6.45) is 0. The number of amides is 1. The number of nitrogens with one attached hydrogen (secondary N) is 1. The first-order chi connectivity index (χ1) is 12.9. The van der Waals surface area contributed by atoms with Gasteiger partial charge in [-0.2, -0.15) is 0 Å². The van der Waals surface area contributed by atoms with Crippen molar-refractivity contribution in [1.29, 1.82) is 0 Å². The zero-order chi connectivity index (χ0) is 19.6.